The van der Waals surface area contributed by atoms with Crippen LogP contribution in [-0.2, 0) is 0 Å². The molecule has 12 heavy (non-hydrogen) atoms. The van der Waals surface area contributed by atoms with Crippen molar-refractivity contribution >= 4 is 45.4 Å². The van der Waals surface area contributed by atoms with Crippen molar-refractivity contribution in [2.45, 2.75) is 4.90 Å². The van der Waals surface area contributed by atoms with Gasteiger partial charge in [0.2, 0.25) is 0 Å². The molecule has 0 saturated carbocycles. The number of rotatable bonds is 1. The number of aromatic amines is 1. The van der Waals surface area contributed by atoms with E-state index in [4.69, 9.17) is 0 Å². The largest absolute Gasteiger partial charge is 0.345 e. The summed E-state index contributed by atoms with van der Waals surface area (Å²) in [6.07, 6.45) is 3.81. The third-order valence-corrected chi connectivity index (χ3v) is 3.22. The topological polar surface area (TPSA) is 28.7 Å². The van der Waals surface area contributed by atoms with Crippen LogP contribution in [0.3, 0.4) is 0 Å². The van der Waals surface area contributed by atoms with Crippen LogP contribution in [0.4, 0.5) is 0 Å². The normalized spacial score (nSPS) is 10.8. The van der Waals surface area contributed by atoms with Gasteiger partial charge in [-0.3, -0.25) is 0 Å². The summed E-state index contributed by atoms with van der Waals surface area (Å²) in [6, 6.07) is 4.27. The van der Waals surface area contributed by atoms with Crippen LogP contribution in [0.25, 0.3) is 11.0 Å². The van der Waals surface area contributed by atoms with Crippen molar-refractivity contribution in [3.8, 4) is 0 Å². The van der Waals surface area contributed by atoms with Crippen LogP contribution in [-0.4, -0.2) is 16.2 Å². The number of thioether (sulfide) groups is 1. The van der Waals surface area contributed by atoms with E-state index in [-0.39, 0.29) is 0 Å². The molecule has 62 valence electrons. The van der Waals surface area contributed by atoms with Gasteiger partial charge in [0.1, 0.15) is 5.52 Å². The van der Waals surface area contributed by atoms with Crippen LogP contribution in [0.5, 0.6) is 0 Å². The zero-order valence-electron chi connectivity index (χ0n) is 6.47. The van der Waals surface area contributed by atoms with E-state index in [0.29, 0.717) is 0 Å². The van der Waals surface area contributed by atoms with E-state index < -0.39 is 0 Å². The van der Waals surface area contributed by atoms with Crippen molar-refractivity contribution in [1.82, 2.24) is 9.97 Å². The lowest BCUT2D eigenvalue weighted by Gasteiger charge is -1.97. The van der Waals surface area contributed by atoms with E-state index in [1.807, 2.05) is 0 Å². The number of aromatic nitrogens is 2. The number of imidazole rings is 1. The van der Waals surface area contributed by atoms with Crippen molar-refractivity contribution < 1.29 is 0 Å². The molecular weight excluding hydrogens is 283 g/mol. The van der Waals surface area contributed by atoms with Crippen LogP contribution >= 0.6 is 34.4 Å². The molecule has 1 aromatic carbocycles. The van der Waals surface area contributed by atoms with Gasteiger partial charge in [0.25, 0.3) is 0 Å². The molecule has 2 rings (SSSR count). The highest BCUT2D eigenvalue weighted by Crippen LogP contribution is 2.24. The first kappa shape index (κ1) is 8.37. The van der Waals surface area contributed by atoms with E-state index in [1.54, 1.807) is 18.1 Å². The Labute approximate surface area is 88.3 Å². The number of fused-ring (bicyclic) bond motifs is 1. The van der Waals surface area contributed by atoms with Gasteiger partial charge in [-0.1, -0.05) is 0 Å². The monoisotopic (exact) mass is 290 g/mol. The second kappa shape index (κ2) is 3.26. The number of nitrogens with zero attached hydrogens (tertiary/aromatic N) is 1. The lowest BCUT2D eigenvalue weighted by Crippen LogP contribution is -1.78. The minimum Gasteiger partial charge on any atom is -0.345 e. The zero-order valence-corrected chi connectivity index (χ0v) is 9.44. The van der Waals surface area contributed by atoms with Crippen LogP contribution < -0.4 is 0 Å². The predicted molar refractivity (Wildman–Crippen MR) is 60.6 cm³/mol. The summed E-state index contributed by atoms with van der Waals surface area (Å²) in [4.78, 5) is 8.60. The number of benzene rings is 1. The molecule has 0 saturated heterocycles. The van der Waals surface area contributed by atoms with Crippen LogP contribution in [0.15, 0.2) is 23.4 Å². The molecular formula is C8H7IN2S. The number of nitrogens with one attached hydrogen (secondary N) is 1. The minimum absolute atomic E-state index is 1.06. The highest BCUT2D eigenvalue weighted by molar-refractivity contribution is 14.1. The molecule has 2 aromatic rings. The summed E-state index contributed by atoms with van der Waals surface area (Å²) in [6.45, 7) is 0. The predicted octanol–water partition coefficient (Wildman–Crippen LogP) is 2.89. The average molecular weight is 290 g/mol. The maximum absolute atomic E-state index is 4.22. The molecule has 0 radical (unpaired) electrons. The van der Waals surface area contributed by atoms with Crippen molar-refractivity contribution in [1.29, 1.82) is 0 Å². The quantitative estimate of drug-likeness (QED) is 0.646. The fraction of sp³-hybridized carbons (Fsp3) is 0.125. The standard InChI is InChI=1S/C8H7IN2S/c1-12-5-2-6(9)8-7(3-5)10-4-11-8/h2-4H,1H3,(H,10,11). The number of hydrogen-bond donors (Lipinski definition) is 1. The van der Waals surface area contributed by atoms with Crippen molar-refractivity contribution in [2.75, 3.05) is 6.26 Å². The average Bonchev–Trinajstić information content (AvgIpc) is 2.52. The fourth-order valence-corrected chi connectivity index (χ4v) is 2.55. The Balaban J connectivity index is 2.75. The molecule has 1 heterocycles. The highest BCUT2D eigenvalue weighted by Gasteiger charge is 2.02. The SMILES string of the molecule is CSc1cc(I)c2nc[nH]c2c1. The minimum atomic E-state index is 1.06. The van der Waals surface area contributed by atoms with Crippen LogP contribution in [0, 0.1) is 3.57 Å². The Morgan fingerprint density at radius 1 is 1.50 bits per heavy atom. The summed E-state index contributed by atoms with van der Waals surface area (Å²) in [5.74, 6) is 0. The van der Waals surface area contributed by atoms with E-state index >= 15 is 0 Å². The molecule has 0 bridgehead atoms. The summed E-state index contributed by atoms with van der Waals surface area (Å²) in [5.41, 5.74) is 2.18. The van der Waals surface area contributed by atoms with Gasteiger partial charge < -0.3 is 4.98 Å². The van der Waals surface area contributed by atoms with E-state index in [0.717, 1.165) is 11.0 Å². The molecule has 0 aliphatic rings. The first-order valence-corrected chi connectivity index (χ1v) is 5.78. The Kier molecular flexibility index (Phi) is 2.27. The van der Waals surface area contributed by atoms with Gasteiger partial charge >= 0.3 is 0 Å². The Hall–Kier alpha value is -0.230. The molecule has 0 amide bonds. The van der Waals surface area contributed by atoms with E-state index in [2.05, 4.69) is 50.9 Å². The summed E-state index contributed by atoms with van der Waals surface area (Å²) >= 11 is 4.06. The number of H-pyrrole nitrogens is 1. The maximum atomic E-state index is 4.22. The molecule has 1 aromatic heterocycles. The van der Waals surface area contributed by atoms with Crippen molar-refractivity contribution in [3.63, 3.8) is 0 Å². The molecule has 0 spiro atoms. The molecule has 4 heteroatoms. The van der Waals surface area contributed by atoms with Gasteiger partial charge in [-0.25, -0.2) is 4.98 Å². The third kappa shape index (κ3) is 1.33. The molecule has 2 nitrogen and oxygen atoms in total. The highest BCUT2D eigenvalue weighted by atomic mass is 127. The van der Waals surface area contributed by atoms with Gasteiger partial charge in [-0.15, -0.1) is 11.8 Å². The second-order valence-electron chi connectivity index (χ2n) is 2.41. The number of hydrogen-bond acceptors (Lipinski definition) is 2. The Bertz CT molecular complexity index is 410. The zero-order chi connectivity index (χ0) is 8.55. The lowest BCUT2D eigenvalue weighted by molar-refractivity contribution is 1.34. The summed E-state index contributed by atoms with van der Waals surface area (Å²) < 4.78 is 1.20. The molecule has 0 fully saturated rings. The van der Waals surface area contributed by atoms with Gasteiger partial charge in [-0.05, 0) is 41.0 Å². The van der Waals surface area contributed by atoms with Gasteiger partial charge in [0, 0.05) is 8.47 Å². The lowest BCUT2D eigenvalue weighted by atomic mass is 10.3. The van der Waals surface area contributed by atoms with Crippen LogP contribution in [0.2, 0.25) is 0 Å². The molecule has 0 aliphatic carbocycles. The summed E-state index contributed by atoms with van der Waals surface area (Å²) in [5, 5.41) is 0. The molecule has 1 N–H and O–H groups in total. The third-order valence-electron chi connectivity index (χ3n) is 1.69. The van der Waals surface area contributed by atoms with E-state index in [9.17, 15) is 0 Å². The Morgan fingerprint density at radius 3 is 3.08 bits per heavy atom. The maximum Gasteiger partial charge on any atom is 0.102 e. The van der Waals surface area contributed by atoms with Gasteiger partial charge in [0.05, 0.1) is 11.8 Å². The van der Waals surface area contributed by atoms with Crippen LogP contribution in [0.1, 0.15) is 0 Å². The first-order valence-electron chi connectivity index (χ1n) is 3.48. The first-order chi connectivity index (χ1) is 5.81. The molecule has 0 aliphatic heterocycles. The van der Waals surface area contributed by atoms with Gasteiger partial charge in [0.15, 0.2) is 0 Å². The van der Waals surface area contributed by atoms with Gasteiger partial charge in [-0.2, -0.15) is 0 Å². The second-order valence-corrected chi connectivity index (χ2v) is 4.45. The Morgan fingerprint density at radius 2 is 2.33 bits per heavy atom. The fourth-order valence-electron chi connectivity index (χ4n) is 1.10. The van der Waals surface area contributed by atoms with Crippen molar-refractivity contribution in [2.24, 2.45) is 0 Å². The van der Waals surface area contributed by atoms with Crippen molar-refractivity contribution in [3.05, 3.63) is 22.0 Å². The molecule has 0 atom stereocenters. The summed E-state index contributed by atoms with van der Waals surface area (Å²) in [7, 11) is 0. The smallest absolute Gasteiger partial charge is 0.102 e. The van der Waals surface area contributed by atoms with E-state index in [1.165, 1.54) is 8.47 Å². The number of halogens is 1. The molecule has 0 unspecified atom stereocenters.